The van der Waals surface area contributed by atoms with E-state index >= 15 is 0 Å². The molecular weight excluding hydrogens is 838 g/mol. The van der Waals surface area contributed by atoms with E-state index in [0.717, 1.165) is 31.8 Å². The number of carbonyl (C=O) groups excluding carboxylic acids is 4. The normalized spacial score (nSPS) is 22.9. The maximum atomic E-state index is 14.3. The number of ketones is 2. The zero-order chi connectivity index (χ0) is 46.9. The van der Waals surface area contributed by atoms with E-state index in [0.29, 0.717) is 18.5 Å². The van der Waals surface area contributed by atoms with Gasteiger partial charge in [-0.3, -0.25) is 14.4 Å². The maximum absolute atomic E-state index is 14.3. The Kier molecular flexibility index (Phi) is 19.2. The van der Waals surface area contributed by atoms with E-state index < -0.39 is 55.4 Å². The van der Waals surface area contributed by atoms with Crippen molar-refractivity contribution >= 4 is 46.7 Å². The smallest absolute Gasteiger partial charge is 0.405 e. The van der Waals surface area contributed by atoms with Gasteiger partial charge in [-0.1, -0.05) is 99.2 Å². The molecule has 6 atom stereocenters. The number of nitrogens with two attached hydrogens (primary N) is 1. The summed E-state index contributed by atoms with van der Waals surface area (Å²) in [7, 11) is 1.10. The van der Waals surface area contributed by atoms with Gasteiger partial charge in [0, 0.05) is 50.3 Å². The summed E-state index contributed by atoms with van der Waals surface area (Å²) in [5.74, 6) is -2.01. The van der Waals surface area contributed by atoms with Crippen LogP contribution in [0.1, 0.15) is 72.6 Å². The van der Waals surface area contributed by atoms with E-state index in [9.17, 15) is 24.3 Å². The van der Waals surface area contributed by atoms with Crippen LogP contribution < -0.4 is 32.3 Å². The predicted octanol–water partition coefficient (Wildman–Crippen LogP) is 7.30. The number of unbranched alkanes of at least 4 members (excludes halogenated alkanes) is 3. The number of nitrogens with one attached hydrogen (secondary N) is 2. The van der Waals surface area contributed by atoms with Crippen molar-refractivity contribution in [2.45, 2.75) is 97.1 Å². The second-order valence-electron chi connectivity index (χ2n) is 17.2. The number of methoxy groups -OCH3 is 2. The molecule has 0 saturated carbocycles. The second-order valence-corrected chi connectivity index (χ2v) is 20.8. The molecule has 2 aliphatic rings. The predicted molar refractivity (Wildman–Crippen MR) is 261 cm³/mol. The van der Waals surface area contributed by atoms with Crippen LogP contribution in [0.3, 0.4) is 0 Å². The number of ether oxygens (including phenoxy) is 3. The highest BCUT2D eigenvalue weighted by Gasteiger charge is 2.44. The minimum atomic E-state index is -1.94. The Hall–Kier alpha value is -5.45. The summed E-state index contributed by atoms with van der Waals surface area (Å²) in [6.07, 6.45) is 9.63. The third-order valence-corrected chi connectivity index (χ3v) is 16.9. The molecule has 0 spiro atoms. The molecule has 1 heterocycles. The molecule has 6 unspecified atom stereocenters. The van der Waals surface area contributed by atoms with Crippen LogP contribution in [0.2, 0.25) is 0 Å². The number of hydrogen-bond acceptors (Lipinski definition) is 9. The average Bonchev–Trinajstić information content (AvgIpc) is 3.30. The number of primary amides is 1. The summed E-state index contributed by atoms with van der Waals surface area (Å²) < 4.78 is 16.9. The van der Waals surface area contributed by atoms with Crippen LogP contribution in [0.25, 0.3) is 0 Å². The molecule has 3 aromatic rings. The molecule has 3 aromatic carbocycles. The summed E-state index contributed by atoms with van der Waals surface area (Å²) in [5.41, 5.74) is 6.81. The van der Waals surface area contributed by atoms with Crippen molar-refractivity contribution in [3.05, 3.63) is 149 Å². The molecule has 1 aliphatic heterocycles. The summed E-state index contributed by atoms with van der Waals surface area (Å²) >= 11 is 0. The highest BCUT2D eigenvalue weighted by Crippen LogP contribution is 2.56. The molecular formula is C53H67N3O8P+. The fourth-order valence-electron chi connectivity index (χ4n) is 8.81. The molecule has 11 nitrogen and oxygen atoms in total. The number of fused-ring (bicyclic) bond motifs is 2. The standard InChI is InChI=1S/C53H66N3O8P/c1-36-31-44-49(55-29-18-7-8-19-30-65(41-23-12-9-13-24-41,42-25-14-10-15-26-42)43-27-16-11-17-28-43)46(57)35-45(51(44)59)56-52(60)37(2)21-20-22-40(62-5)34-47(64-53(54)61)38(3)33-39(4)50(58)48(32-36)63-6/h9-17,20-28,33,35-36,39-40,47-48,50,58H,7-8,18-19,29-32,34H2,1-6H3,(H3-,54,55,56,57,59,60,61)/p+1. The first-order valence-corrected chi connectivity index (χ1v) is 24.6. The van der Waals surface area contributed by atoms with Gasteiger partial charge in [0.2, 0.25) is 11.6 Å². The minimum absolute atomic E-state index is 0.0975. The highest BCUT2D eigenvalue weighted by molar-refractivity contribution is 7.95. The number of benzene rings is 3. The molecule has 0 fully saturated rings. The Morgan fingerprint density at radius 2 is 1.42 bits per heavy atom. The van der Waals surface area contributed by atoms with Crippen LogP contribution in [0, 0.1) is 11.8 Å². The number of Topliss-reactive ketones (excluding diaryl/α,β-unsaturated/α-hetero) is 1. The lowest BCUT2D eigenvalue weighted by atomic mass is 9.85. The van der Waals surface area contributed by atoms with Crippen LogP contribution in [0.4, 0.5) is 4.79 Å². The quantitative estimate of drug-likeness (QED) is 0.0563. The van der Waals surface area contributed by atoms with Crippen LogP contribution >= 0.6 is 7.26 Å². The first-order chi connectivity index (χ1) is 31.3. The zero-order valence-electron chi connectivity index (χ0n) is 38.7. The molecule has 0 saturated heterocycles. The number of amides is 2. The van der Waals surface area contributed by atoms with Gasteiger partial charge in [-0.05, 0) is 93.8 Å². The van der Waals surface area contributed by atoms with Gasteiger partial charge in [0.05, 0.1) is 35.9 Å². The Balaban J connectivity index is 1.34. The lowest BCUT2D eigenvalue weighted by Gasteiger charge is -2.29. The fourth-order valence-corrected chi connectivity index (χ4v) is 13.2. The van der Waals surface area contributed by atoms with Crippen molar-refractivity contribution in [1.29, 1.82) is 0 Å². The van der Waals surface area contributed by atoms with E-state index in [1.807, 2.05) is 19.9 Å². The molecule has 5 N–H and O–H groups in total. The largest absolute Gasteiger partial charge is 0.442 e. The topological polar surface area (TPSA) is 166 Å². The molecule has 2 bridgehead atoms. The van der Waals surface area contributed by atoms with Gasteiger partial charge in [-0.15, -0.1) is 0 Å². The highest BCUT2D eigenvalue weighted by atomic mass is 31.2. The second kappa shape index (κ2) is 24.7. The molecule has 12 heteroatoms. The average molecular weight is 905 g/mol. The summed E-state index contributed by atoms with van der Waals surface area (Å²) in [4.78, 5) is 53.5. The Morgan fingerprint density at radius 1 is 0.831 bits per heavy atom. The number of allylic oxidation sites excluding steroid dienone is 4. The van der Waals surface area contributed by atoms with Crippen LogP contribution in [-0.4, -0.2) is 80.0 Å². The third-order valence-electron chi connectivity index (χ3n) is 12.4. The molecule has 0 radical (unpaired) electrons. The van der Waals surface area contributed by atoms with Gasteiger partial charge in [0.15, 0.2) is 0 Å². The van der Waals surface area contributed by atoms with Gasteiger partial charge in [0.1, 0.15) is 29.3 Å². The van der Waals surface area contributed by atoms with Gasteiger partial charge in [-0.2, -0.15) is 0 Å². The van der Waals surface area contributed by atoms with Gasteiger partial charge in [-0.25, -0.2) is 4.79 Å². The van der Waals surface area contributed by atoms with Crippen molar-refractivity contribution in [2.75, 3.05) is 26.9 Å². The molecule has 0 aromatic heterocycles. The monoisotopic (exact) mass is 904 g/mol. The summed E-state index contributed by atoms with van der Waals surface area (Å²) in [6.45, 7) is 7.68. The number of aliphatic hydroxyl groups excluding tert-OH is 1. The zero-order valence-corrected chi connectivity index (χ0v) is 39.6. The van der Waals surface area contributed by atoms with Gasteiger partial charge >= 0.3 is 6.09 Å². The Morgan fingerprint density at radius 3 is 1.97 bits per heavy atom. The van der Waals surface area contributed by atoms with E-state index in [2.05, 4.69) is 102 Å². The number of carbonyl (C=O) groups is 4. The van der Waals surface area contributed by atoms with Crippen molar-refractivity contribution < 1.29 is 38.5 Å². The molecule has 5 rings (SSSR count). The lowest BCUT2D eigenvalue weighted by Crippen LogP contribution is -2.37. The van der Waals surface area contributed by atoms with Crippen LogP contribution in [-0.2, 0) is 28.6 Å². The molecule has 2 amide bonds. The number of hydrogen-bond donors (Lipinski definition) is 4. The maximum Gasteiger partial charge on any atom is 0.405 e. The van der Waals surface area contributed by atoms with Crippen molar-refractivity contribution in [3.63, 3.8) is 0 Å². The van der Waals surface area contributed by atoms with Crippen molar-refractivity contribution in [3.8, 4) is 0 Å². The van der Waals surface area contributed by atoms with E-state index in [4.69, 9.17) is 19.9 Å². The number of rotatable bonds is 14. The van der Waals surface area contributed by atoms with E-state index in [-0.39, 0.29) is 47.1 Å². The Bertz CT molecular complexity index is 2140. The lowest BCUT2D eigenvalue weighted by molar-refractivity contribution is -0.120. The first kappa shape index (κ1) is 50.5. The van der Waals surface area contributed by atoms with Crippen LogP contribution in [0.15, 0.2) is 149 Å². The van der Waals surface area contributed by atoms with E-state index in [1.54, 1.807) is 32.1 Å². The Labute approximate surface area is 385 Å². The van der Waals surface area contributed by atoms with E-state index in [1.165, 1.54) is 36.2 Å². The van der Waals surface area contributed by atoms with Crippen LogP contribution in [0.5, 0.6) is 0 Å². The summed E-state index contributed by atoms with van der Waals surface area (Å²) in [6, 6.07) is 32.6. The summed E-state index contributed by atoms with van der Waals surface area (Å²) in [5, 5.41) is 21.6. The first-order valence-electron chi connectivity index (χ1n) is 22.7. The SMILES string of the molecule is COC1C=CC=C(C)C(=O)NC2=CC(=O)C(NCCCCCC[P+](c3ccccc3)(c3ccccc3)c3ccccc3)=C(CC(C)CC(OC)C(O)C(C)C=C(C)C(OC(N)=O)C1)C2=O. The van der Waals surface area contributed by atoms with Gasteiger partial charge in [0.25, 0.3) is 5.91 Å². The third kappa shape index (κ3) is 13.6. The fraction of sp³-hybridized carbons (Fsp3) is 0.396. The molecule has 1 aliphatic carbocycles. The van der Waals surface area contributed by atoms with Gasteiger partial charge < -0.3 is 35.7 Å². The minimum Gasteiger partial charge on any atom is -0.442 e. The molecule has 346 valence electrons. The van der Waals surface area contributed by atoms with Crippen molar-refractivity contribution in [1.82, 2.24) is 10.6 Å². The number of aliphatic hydroxyl groups is 1. The van der Waals surface area contributed by atoms with Crippen molar-refractivity contribution in [2.24, 2.45) is 17.6 Å². The molecule has 65 heavy (non-hydrogen) atoms.